The molecule has 0 bridgehead atoms. The SMILES string of the molecule is Cc1cnc(CNS(=O)(=O)c2c(N)cc(Cl)cc2Cl)o1. The van der Waals surface area contributed by atoms with Gasteiger partial charge < -0.3 is 10.2 Å². The molecule has 0 aliphatic heterocycles. The third-order valence-electron chi connectivity index (χ3n) is 2.39. The van der Waals surface area contributed by atoms with Gasteiger partial charge in [-0.3, -0.25) is 0 Å². The van der Waals surface area contributed by atoms with E-state index in [0.29, 0.717) is 5.76 Å². The van der Waals surface area contributed by atoms with Gasteiger partial charge in [0.1, 0.15) is 10.7 Å². The Morgan fingerprint density at radius 2 is 2.10 bits per heavy atom. The summed E-state index contributed by atoms with van der Waals surface area (Å²) >= 11 is 11.6. The van der Waals surface area contributed by atoms with Crippen LogP contribution in [-0.4, -0.2) is 13.4 Å². The first-order valence-electron chi connectivity index (χ1n) is 5.45. The lowest BCUT2D eigenvalue weighted by atomic mass is 10.3. The first kappa shape index (κ1) is 15.1. The molecule has 0 spiro atoms. The van der Waals surface area contributed by atoms with Gasteiger partial charge in [-0.1, -0.05) is 23.2 Å². The Balaban J connectivity index is 2.27. The lowest BCUT2D eigenvalue weighted by molar-refractivity contribution is 0.463. The average Bonchev–Trinajstić information content (AvgIpc) is 2.71. The van der Waals surface area contributed by atoms with E-state index in [9.17, 15) is 8.42 Å². The zero-order valence-corrected chi connectivity index (χ0v) is 12.7. The van der Waals surface area contributed by atoms with Crippen molar-refractivity contribution in [2.75, 3.05) is 5.73 Å². The summed E-state index contributed by atoms with van der Waals surface area (Å²) in [6.45, 7) is 1.60. The summed E-state index contributed by atoms with van der Waals surface area (Å²) in [5.74, 6) is 0.831. The number of nitrogen functional groups attached to an aromatic ring is 1. The minimum atomic E-state index is -3.89. The maximum Gasteiger partial charge on any atom is 0.244 e. The molecule has 0 atom stereocenters. The second-order valence-electron chi connectivity index (χ2n) is 4.00. The highest BCUT2D eigenvalue weighted by molar-refractivity contribution is 7.89. The summed E-state index contributed by atoms with van der Waals surface area (Å²) in [7, 11) is -3.89. The molecule has 20 heavy (non-hydrogen) atoms. The zero-order valence-electron chi connectivity index (χ0n) is 10.4. The normalized spacial score (nSPS) is 11.8. The number of anilines is 1. The van der Waals surface area contributed by atoms with Crippen LogP contribution in [0, 0.1) is 6.92 Å². The molecule has 0 unspecified atom stereocenters. The summed E-state index contributed by atoms with van der Waals surface area (Å²) in [4.78, 5) is 3.68. The van der Waals surface area contributed by atoms with Crippen molar-refractivity contribution in [3.63, 3.8) is 0 Å². The molecule has 6 nitrogen and oxygen atoms in total. The zero-order chi connectivity index (χ0) is 14.9. The fourth-order valence-corrected chi connectivity index (χ4v) is 3.53. The Hall–Kier alpha value is -1.28. The fraction of sp³-hybridized carbons (Fsp3) is 0.182. The van der Waals surface area contributed by atoms with Crippen LogP contribution < -0.4 is 10.5 Å². The van der Waals surface area contributed by atoms with Gasteiger partial charge in [0.05, 0.1) is 23.5 Å². The quantitative estimate of drug-likeness (QED) is 0.835. The molecule has 0 saturated heterocycles. The van der Waals surface area contributed by atoms with E-state index in [1.54, 1.807) is 6.92 Å². The van der Waals surface area contributed by atoms with Crippen LogP contribution in [0.25, 0.3) is 0 Å². The van der Waals surface area contributed by atoms with E-state index in [0.717, 1.165) is 0 Å². The fourth-order valence-electron chi connectivity index (χ4n) is 1.58. The molecule has 2 rings (SSSR count). The molecule has 108 valence electrons. The molecule has 0 fully saturated rings. The molecular formula is C11H11Cl2N3O3S. The molecular weight excluding hydrogens is 325 g/mol. The van der Waals surface area contributed by atoms with Crippen molar-refractivity contribution in [2.45, 2.75) is 18.4 Å². The van der Waals surface area contributed by atoms with Crippen molar-refractivity contribution in [3.05, 3.63) is 40.0 Å². The summed E-state index contributed by atoms with van der Waals surface area (Å²) in [6, 6.07) is 2.63. The van der Waals surface area contributed by atoms with Crippen molar-refractivity contribution in [1.82, 2.24) is 9.71 Å². The highest BCUT2D eigenvalue weighted by Gasteiger charge is 2.22. The van der Waals surface area contributed by atoms with Gasteiger partial charge in [-0.25, -0.2) is 18.1 Å². The number of nitrogens with one attached hydrogen (secondary N) is 1. The van der Waals surface area contributed by atoms with Crippen LogP contribution in [0.2, 0.25) is 10.0 Å². The highest BCUT2D eigenvalue weighted by atomic mass is 35.5. The number of nitrogens with two attached hydrogens (primary N) is 1. The number of benzene rings is 1. The summed E-state index contributed by atoms with van der Waals surface area (Å²) in [6.07, 6.45) is 1.49. The molecule has 9 heteroatoms. The van der Waals surface area contributed by atoms with Crippen LogP contribution >= 0.6 is 23.2 Å². The van der Waals surface area contributed by atoms with Crippen molar-refractivity contribution < 1.29 is 12.8 Å². The number of hydrogen-bond donors (Lipinski definition) is 2. The lowest BCUT2D eigenvalue weighted by Gasteiger charge is -2.10. The molecule has 1 aromatic carbocycles. The predicted octanol–water partition coefficient (Wildman–Crippen LogP) is 2.35. The Bertz CT molecular complexity index is 720. The van der Waals surface area contributed by atoms with Crippen LogP contribution in [0.3, 0.4) is 0 Å². The molecule has 1 aromatic heterocycles. The van der Waals surface area contributed by atoms with Gasteiger partial charge in [-0.2, -0.15) is 0 Å². The highest BCUT2D eigenvalue weighted by Crippen LogP contribution is 2.31. The largest absolute Gasteiger partial charge is 0.445 e. The smallest absolute Gasteiger partial charge is 0.244 e. The van der Waals surface area contributed by atoms with Crippen molar-refractivity contribution in [2.24, 2.45) is 0 Å². The Morgan fingerprint density at radius 1 is 1.40 bits per heavy atom. The first-order valence-corrected chi connectivity index (χ1v) is 7.69. The number of nitrogens with zero attached hydrogens (tertiary/aromatic N) is 1. The van der Waals surface area contributed by atoms with Crippen LogP contribution in [-0.2, 0) is 16.6 Å². The van der Waals surface area contributed by atoms with Crippen molar-refractivity contribution in [3.8, 4) is 0 Å². The van der Waals surface area contributed by atoms with Gasteiger partial charge in [0, 0.05) is 5.02 Å². The summed E-state index contributed by atoms with van der Waals surface area (Å²) in [5, 5.41) is 0.209. The average molecular weight is 336 g/mol. The number of aromatic nitrogens is 1. The number of rotatable bonds is 4. The van der Waals surface area contributed by atoms with Crippen LogP contribution in [0.5, 0.6) is 0 Å². The Kier molecular flexibility index (Phi) is 4.24. The summed E-state index contributed by atoms with van der Waals surface area (Å²) < 4.78 is 31.8. The number of aryl methyl sites for hydroxylation is 1. The summed E-state index contributed by atoms with van der Waals surface area (Å²) in [5.41, 5.74) is 5.63. The van der Waals surface area contributed by atoms with Gasteiger partial charge in [-0.05, 0) is 19.1 Å². The molecule has 0 saturated carbocycles. The Labute approximate surface area is 125 Å². The van der Waals surface area contributed by atoms with Gasteiger partial charge >= 0.3 is 0 Å². The van der Waals surface area contributed by atoms with Crippen LogP contribution in [0.1, 0.15) is 11.7 Å². The maximum absolute atomic E-state index is 12.2. The molecule has 2 aromatic rings. The molecule has 1 heterocycles. The van der Waals surface area contributed by atoms with Gasteiger partial charge in [0.25, 0.3) is 0 Å². The van der Waals surface area contributed by atoms with Gasteiger partial charge in [0.15, 0.2) is 0 Å². The monoisotopic (exact) mass is 335 g/mol. The molecule has 0 aliphatic carbocycles. The van der Waals surface area contributed by atoms with E-state index in [4.69, 9.17) is 33.4 Å². The predicted molar refractivity (Wildman–Crippen MR) is 76.1 cm³/mol. The first-order chi connectivity index (χ1) is 9.29. The van der Waals surface area contributed by atoms with E-state index in [1.807, 2.05) is 0 Å². The molecule has 0 aliphatic rings. The van der Waals surface area contributed by atoms with E-state index in [1.165, 1.54) is 18.3 Å². The van der Waals surface area contributed by atoms with E-state index < -0.39 is 10.0 Å². The number of halogens is 2. The third-order valence-corrected chi connectivity index (χ3v) is 4.53. The standard InChI is InChI=1S/C11H11Cl2N3O3S/c1-6-4-15-10(19-6)5-16-20(17,18)11-8(13)2-7(12)3-9(11)14/h2-4,16H,5,14H2,1H3. The van der Waals surface area contributed by atoms with Crippen molar-refractivity contribution >= 4 is 38.9 Å². The minimum Gasteiger partial charge on any atom is -0.445 e. The van der Waals surface area contributed by atoms with Crippen molar-refractivity contribution in [1.29, 1.82) is 0 Å². The van der Waals surface area contributed by atoms with E-state index in [-0.39, 0.29) is 33.1 Å². The second kappa shape index (κ2) is 5.61. The maximum atomic E-state index is 12.2. The van der Waals surface area contributed by atoms with Gasteiger partial charge in [0.2, 0.25) is 15.9 Å². The van der Waals surface area contributed by atoms with Gasteiger partial charge in [-0.15, -0.1) is 0 Å². The van der Waals surface area contributed by atoms with Crippen LogP contribution in [0.15, 0.2) is 27.6 Å². The van der Waals surface area contributed by atoms with E-state index >= 15 is 0 Å². The molecule has 3 N–H and O–H groups in total. The molecule has 0 radical (unpaired) electrons. The topological polar surface area (TPSA) is 98.2 Å². The van der Waals surface area contributed by atoms with E-state index in [2.05, 4.69) is 9.71 Å². The molecule has 0 amide bonds. The second-order valence-corrected chi connectivity index (χ2v) is 6.54. The number of sulfonamides is 1. The third kappa shape index (κ3) is 3.24. The lowest BCUT2D eigenvalue weighted by Crippen LogP contribution is -2.24. The minimum absolute atomic E-state index is 0.0291. The van der Waals surface area contributed by atoms with Crippen LogP contribution in [0.4, 0.5) is 5.69 Å². The Morgan fingerprint density at radius 3 is 2.65 bits per heavy atom. The number of hydrogen-bond acceptors (Lipinski definition) is 5. The number of oxazole rings is 1.